The van der Waals surface area contributed by atoms with Crippen molar-refractivity contribution in [3.05, 3.63) is 48.0 Å². The maximum atomic E-state index is 11.8. The first kappa shape index (κ1) is 27.1. The fourth-order valence-electron chi connectivity index (χ4n) is 2.70. The van der Waals surface area contributed by atoms with Crippen LogP contribution in [0.15, 0.2) is 47.4 Å². The van der Waals surface area contributed by atoms with Crippen LogP contribution >= 0.6 is 0 Å². The topological polar surface area (TPSA) is 137 Å². The summed E-state index contributed by atoms with van der Waals surface area (Å²) in [6.07, 6.45) is 2.50. The Balaban J connectivity index is 0.000000751. The summed E-state index contributed by atoms with van der Waals surface area (Å²) in [7, 11) is 3.23. The highest BCUT2D eigenvalue weighted by Crippen LogP contribution is 2.26. The number of para-hydroxylation sites is 2. The number of carboxylic acids is 2. The van der Waals surface area contributed by atoms with Gasteiger partial charge in [-0.3, -0.25) is 0 Å². The van der Waals surface area contributed by atoms with E-state index < -0.39 is 23.1 Å². The molecule has 2 rings (SSSR count). The molecule has 0 bridgehead atoms. The van der Waals surface area contributed by atoms with Crippen molar-refractivity contribution in [1.82, 2.24) is 5.32 Å². The normalized spacial score (nSPS) is 12.0. The second-order valence-corrected chi connectivity index (χ2v) is 7.96. The van der Waals surface area contributed by atoms with Crippen LogP contribution in [0.5, 0.6) is 17.2 Å². The van der Waals surface area contributed by atoms with Gasteiger partial charge in [0.05, 0.1) is 14.2 Å². The Kier molecular flexibility index (Phi) is 12.0. The van der Waals surface area contributed by atoms with E-state index in [9.17, 15) is 4.55 Å². The number of carbonyl (C=O) groups is 2. The molecule has 0 fully saturated rings. The summed E-state index contributed by atoms with van der Waals surface area (Å²) < 4.78 is 28.2. The summed E-state index contributed by atoms with van der Waals surface area (Å²) in [5.74, 6) is -1.50. The Morgan fingerprint density at radius 1 is 1.03 bits per heavy atom. The first-order valence-electron chi connectivity index (χ1n) is 9.65. The summed E-state index contributed by atoms with van der Waals surface area (Å²) >= 11 is -1.07. The lowest BCUT2D eigenvalue weighted by Crippen LogP contribution is -2.31. The SMILES string of the molecule is COc1ccccc1OCCNC(C)Cc1ccc(OC)c([S+](C)[O-])c1.O=C(O)C(=O)O. The summed E-state index contributed by atoms with van der Waals surface area (Å²) in [6.45, 7) is 3.40. The number of aliphatic carboxylic acids is 2. The van der Waals surface area contributed by atoms with Gasteiger partial charge in [0.2, 0.25) is 0 Å². The van der Waals surface area contributed by atoms with Crippen LogP contribution in [0.3, 0.4) is 0 Å². The van der Waals surface area contributed by atoms with Gasteiger partial charge in [0.15, 0.2) is 22.1 Å². The van der Waals surface area contributed by atoms with Gasteiger partial charge in [0.25, 0.3) is 0 Å². The Bertz CT molecular complexity index is 863. The predicted molar refractivity (Wildman–Crippen MR) is 120 cm³/mol. The largest absolute Gasteiger partial charge is 0.612 e. The van der Waals surface area contributed by atoms with Crippen LogP contribution in [-0.4, -0.2) is 66.4 Å². The Hall–Kier alpha value is -2.95. The van der Waals surface area contributed by atoms with Crippen molar-refractivity contribution in [1.29, 1.82) is 0 Å². The van der Waals surface area contributed by atoms with Crippen molar-refractivity contribution < 1.29 is 38.6 Å². The number of carboxylic acid groups (broad SMARTS) is 2. The molecule has 0 aromatic heterocycles. The number of ether oxygens (including phenoxy) is 3. The Morgan fingerprint density at radius 3 is 2.16 bits per heavy atom. The number of benzene rings is 2. The van der Waals surface area contributed by atoms with Crippen LogP contribution in [0, 0.1) is 0 Å². The van der Waals surface area contributed by atoms with E-state index >= 15 is 0 Å². The molecule has 10 heteroatoms. The smallest absolute Gasteiger partial charge is 0.414 e. The number of hydrogen-bond donors (Lipinski definition) is 3. The van der Waals surface area contributed by atoms with E-state index in [0.717, 1.165) is 34.9 Å². The molecule has 2 unspecified atom stereocenters. The predicted octanol–water partition coefficient (Wildman–Crippen LogP) is 2.20. The molecule has 0 aliphatic carbocycles. The molecule has 0 saturated heterocycles. The molecule has 32 heavy (non-hydrogen) atoms. The molecule has 0 heterocycles. The fourth-order valence-corrected chi connectivity index (χ4v) is 3.45. The Labute approximate surface area is 190 Å². The molecule has 2 atom stereocenters. The molecule has 9 nitrogen and oxygen atoms in total. The quantitative estimate of drug-likeness (QED) is 0.273. The van der Waals surface area contributed by atoms with Crippen molar-refractivity contribution in [3.63, 3.8) is 0 Å². The molecule has 0 aliphatic rings. The summed E-state index contributed by atoms with van der Waals surface area (Å²) in [5, 5.41) is 18.2. The number of methoxy groups -OCH3 is 2. The summed E-state index contributed by atoms with van der Waals surface area (Å²) in [5.41, 5.74) is 1.13. The highest BCUT2D eigenvalue weighted by molar-refractivity contribution is 7.90. The zero-order chi connectivity index (χ0) is 24.1. The average Bonchev–Trinajstić information content (AvgIpc) is 2.77. The molecule has 0 spiro atoms. The highest BCUT2D eigenvalue weighted by atomic mass is 32.2. The van der Waals surface area contributed by atoms with Crippen LogP contribution in [0.4, 0.5) is 0 Å². The van der Waals surface area contributed by atoms with Gasteiger partial charge >= 0.3 is 11.9 Å². The summed E-state index contributed by atoms with van der Waals surface area (Å²) in [6, 6.07) is 13.7. The van der Waals surface area contributed by atoms with Crippen molar-refractivity contribution in [2.75, 3.05) is 33.6 Å². The lowest BCUT2D eigenvalue weighted by atomic mass is 10.1. The minimum absolute atomic E-state index is 0.266. The van der Waals surface area contributed by atoms with Crippen LogP contribution in [0.1, 0.15) is 12.5 Å². The lowest BCUT2D eigenvalue weighted by molar-refractivity contribution is -0.159. The molecule has 0 radical (unpaired) electrons. The highest BCUT2D eigenvalue weighted by Gasteiger charge is 2.14. The van der Waals surface area contributed by atoms with Gasteiger partial charge in [-0.1, -0.05) is 18.2 Å². The van der Waals surface area contributed by atoms with Gasteiger partial charge in [-0.2, -0.15) is 0 Å². The monoisotopic (exact) mass is 467 g/mol. The molecular weight excluding hydrogens is 438 g/mol. The number of nitrogens with one attached hydrogen (secondary N) is 1. The van der Waals surface area contributed by atoms with Crippen LogP contribution in [0.2, 0.25) is 0 Å². The van der Waals surface area contributed by atoms with Gasteiger partial charge < -0.3 is 34.3 Å². The molecule has 0 saturated carbocycles. The van der Waals surface area contributed by atoms with E-state index in [1.807, 2.05) is 42.5 Å². The molecule has 0 aliphatic heterocycles. The van der Waals surface area contributed by atoms with Gasteiger partial charge in [-0.15, -0.1) is 0 Å². The van der Waals surface area contributed by atoms with Gasteiger partial charge in [-0.05, 0) is 48.3 Å². The zero-order valence-electron chi connectivity index (χ0n) is 18.5. The third kappa shape index (κ3) is 9.46. The standard InChI is InChI=1S/C20H27NO4S.C2H2O4/c1-15(13-16-9-10-19(24-3)20(14-16)26(4)22)21-11-12-25-18-8-6-5-7-17(18)23-2;3-1(4)2(5)6/h5-10,14-15,21H,11-13H2,1-4H3;(H,3,4)(H,5,6). The van der Waals surface area contributed by atoms with Crippen LogP contribution < -0.4 is 19.5 Å². The number of rotatable bonds is 10. The average molecular weight is 468 g/mol. The van der Waals surface area contributed by atoms with Gasteiger partial charge in [0, 0.05) is 18.7 Å². The first-order valence-corrected chi connectivity index (χ1v) is 11.2. The Morgan fingerprint density at radius 2 is 1.62 bits per heavy atom. The molecule has 2 aromatic carbocycles. The van der Waals surface area contributed by atoms with Crippen molar-refractivity contribution in [3.8, 4) is 17.2 Å². The van der Waals surface area contributed by atoms with E-state index in [0.29, 0.717) is 12.4 Å². The van der Waals surface area contributed by atoms with Crippen LogP contribution in [0.25, 0.3) is 0 Å². The van der Waals surface area contributed by atoms with E-state index in [-0.39, 0.29) is 6.04 Å². The molecule has 3 N–H and O–H groups in total. The first-order chi connectivity index (χ1) is 15.2. The molecular formula is C22H29NO8S. The van der Waals surface area contributed by atoms with E-state index in [4.69, 9.17) is 34.0 Å². The van der Waals surface area contributed by atoms with E-state index in [2.05, 4.69) is 12.2 Å². The molecule has 176 valence electrons. The lowest BCUT2D eigenvalue weighted by Gasteiger charge is -2.16. The van der Waals surface area contributed by atoms with Crippen molar-refractivity contribution in [2.24, 2.45) is 0 Å². The summed E-state index contributed by atoms with van der Waals surface area (Å²) in [4.78, 5) is 18.9. The third-order valence-electron chi connectivity index (χ3n) is 4.18. The molecule has 0 amide bonds. The minimum atomic E-state index is -1.82. The molecule has 2 aromatic rings. The third-order valence-corrected chi connectivity index (χ3v) is 5.12. The second kappa shape index (κ2) is 14.2. The zero-order valence-corrected chi connectivity index (χ0v) is 19.3. The van der Waals surface area contributed by atoms with Gasteiger partial charge in [-0.25, -0.2) is 9.59 Å². The fraction of sp³-hybridized carbons (Fsp3) is 0.364. The maximum absolute atomic E-state index is 11.8. The van der Waals surface area contributed by atoms with Crippen molar-refractivity contribution >= 4 is 23.1 Å². The van der Waals surface area contributed by atoms with Crippen molar-refractivity contribution in [2.45, 2.75) is 24.3 Å². The van der Waals surface area contributed by atoms with E-state index in [1.54, 1.807) is 20.5 Å². The minimum Gasteiger partial charge on any atom is -0.612 e. The number of hydrogen-bond acceptors (Lipinski definition) is 7. The maximum Gasteiger partial charge on any atom is 0.414 e. The second-order valence-electron chi connectivity index (χ2n) is 6.61. The van der Waals surface area contributed by atoms with Crippen LogP contribution in [-0.2, 0) is 27.2 Å². The van der Waals surface area contributed by atoms with Gasteiger partial charge in [0.1, 0.15) is 12.9 Å². The van der Waals surface area contributed by atoms with E-state index in [1.165, 1.54) is 0 Å².